The van der Waals surface area contributed by atoms with Gasteiger partial charge in [0.25, 0.3) is 0 Å². The van der Waals surface area contributed by atoms with Gasteiger partial charge in [-0.25, -0.2) is 4.79 Å². The third-order valence-electron chi connectivity index (χ3n) is 5.47. The zero-order valence-electron chi connectivity index (χ0n) is 19.8. The van der Waals surface area contributed by atoms with Gasteiger partial charge in [-0.3, -0.25) is 0 Å². The number of aliphatic hydroxyl groups excluding tert-OH is 1. The average Bonchev–Trinajstić information content (AvgIpc) is 2.88. The Morgan fingerprint density at radius 3 is 2.09 bits per heavy atom. The summed E-state index contributed by atoms with van der Waals surface area (Å²) in [7, 11) is 0. The first-order chi connectivity index (χ1) is 17.0. The van der Waals surface area contributed by atoms with Crippen molar-refractivity contribution in [1.82, 2.24) is 0 Å². The molecular weight excluding hydrogens is 444 g/mol. The molecule has 4 rings (SSSR count). The SMILES string of the molecule is CCOC(=O)C1=COC(c2cc(C)c(OCc3ccccc3)cc2OCc2ccccc2)=CC1O. The molecule has 1 heterocycles. The number of ether oxygens (including phenoxy) is 4. The van der Waals surface area contributed by atoms with E-state index in [9.17, 15) is 9.90 Å². The van der Waals surface area contributed by atoms with Crippen LogP contribution in [0.15, 0.2) is 90.7 Å². The van der Waals surface area contributed by atoms with Crippen LogP contribution in [0.5, 0.6) is 11.5 Å². The van der Waals surface area contributed by atoms with Gasteiger partial charge in [-0.2, -0.15) is 0 Å². The van der Waals surface area contributed by atoms with E-state index in [0.717, 1.165) is 16.7 Å². The van der Waals surface area contributed by atoms with E-state index in [1.54, 1.807) is 6.92 Å². The van der Waals surface area contributed by atoms with E-state index >= 15 is 0 Å². The van der Waals surface area contributed by atoms with Crippen molar-refractivity contribution in [2.45, 2.75) is 33.2 Å². The minimum atomic E-state index is -1.16. The third kappa shape index (κ3) is 6.11. The molecule has 0 saturated carbocycles. The normalized spacial score (nSPS) is 14.9. The van der Waals surface area contributed by atoms with E-state index in [2.05, 4.69) is 0 Å². The lowest BCUT2D eigenvalue weighted by atomic mass is 10.0. The molecule has 0 spiro atoms. The highest BCUT2D eigenvalue weighted by atomic mass is 16.5. The Balaban J connectivity index is 1.61. The maximum atomic E-state index is 12.1. The molecule has 1 aliphatic heterocycles. The van der Waals surface area contributed by atoms with Gasteiger partial charge in [0, 0.05) is 6.07 Å². The highest BCUT2D eigenvalue weighted by Crippen LogP contribution is 2.37. The molecule has 1 atom stereocenters. The predicted molar refractivity (Wildman–Crippen MR) is 133 cm³/mol. The van der Waals surface area contributed by atoms with Gasteiger partial charge in [0.05, 0.1) is 12.2 Å². The number of carbonyl (C=O) groups excluding carboxylic acids is 1. The Hall–Kier alpha value is -4.03. The van der Waals surface area contributed by atoms with Crippen LogP contribution in [0.3, 0.4) is 0 Å². The lowest BCUT2D eigenvalue weighted by Gasteiger charge is -2.21. The van der Waals surface area contributed by atoms with E-state index in [1.165, 1.54) is 12.3 Å². The molecule has 6 nitrogen and oxygen atoms in total. The summed E-state index contributed by atoms with van der Waals surface area (Å²) in [6, 6.07) is 23.5. The fourth-order valence-electron chi connectivity index (χ4n) is 3.61. The first kappa shape index (κ1) is 24.1. The van der Waals surface area contributed by atoms with Gasteiger partial charge in [0.15, 0.2) is 0 Å². The van der Waals surface area contributed by atoms with Gasteiger partial charge in [0.2, 0.25) is 0 Å². The zero-order valence-corrected chi connectivity index (χ0v) is 19.8. The van der Waals surface area contributed by atoms with Crippen molar-refractivity contribution < 1.29 is 28.8 Å². The van der Waals surface area contributed by atoms with E-state index in [4.69, 9.17) is 18.9 Å². The predicted octanol–water partition coefficient (Wildman–Crippen LogP) is 5.33. The first-order valence-electron chi connectivity index (χ1n) is 11.5. The molecule has 0 aliphatic carbocycles. The average molecular weight is 473 g/mol. The second-order valence-electron chi connectivity index (χ2n) is 8.05. The standard InChI is InChI=1S/C29H28O6/c1-3-32-29(31)24-19-35-27(15-25(24)30)23-14-20(2)26(33-17-21-10-6-4-7-11-21)16-28(23)34-18-22-12-8-5-9-13-22/h4-16,19,25,30H,3,17-18H2,1-2H3. The lowest BCUT2D eigenvalue weighted by Crippen LogP contribution is -2.22. The van der Waals surface area contributed by atoms with Crippen molar-refractivity contribution in [3.8, 4) is 11.5 Å². The van der Waals surface area contributed by atoms with E-state index < -0.39 is 12.1 Å². The highest BCUT2D eigenvalue weighted by molar-refractivity contribution is 5.91. The largest absolute Gasteiger partial charge is 0.488 e. The van der Waals surface area contributed by atoms with Crippen LogP contribution in [0.1, 0.15) is 29.2 Å². The van der Waals surface area contributed by atoms with Crippen LogP contribution in [-0.4, -0.2) is 23.8 Å². The summed E-state index contributed by atoms with van der Waals surface area (Å²) < 4.78 is 23.0. The van der Waals surface area contributed by atoms with Crippen molar-refractivity contribution >= 4 is 11.7 Å². The molecule has 35 heavy (non-hydrogen) atoms. The molecular formula is C29H28O6. The molecule has 0 saturated heterocycles. The number of aliphatic hydroxyl groups is 1. The van der Waals surface area contributed by atoms with Gasteiger partial charge in [-0.15, -0.1) is 0 Å². The van der Waals surface area contributed by atoms with Crippen molar-refractivity contribution in [2.24, 2.45) is 0 Å². The van der Waals surface area contributed by atoms with Crippen molar-refractivity contribution in [3.05, 3.63) is 113 Å². The van der Waals surface area contributed by atoms with Crippen LogP contribution in [0.4, 0.5) is 0 Å². The molecule has 0 aromatic heterocycles. The summed E-state index contributed by atoms with van der Waals surface area (Å²) in [4.78, 5) is 12.1. The number of benzene rings is 3. The quantitative estimate of drug-likeness (QED) is 0.424. The number of rotatable bonds is 9. The number of esters is 1. The summed E-state index contributed by atoms with van der Waals surface area (Å²) >= 11 is 0. The molecule has 6 heteroatoms. The fourth-order valence-corrected chi connectivity index (χ4v) is 3.61. The molecule has 0 fully saturated rings. The van der Waals surface area contributed by atoms with Gasteiger partial charge in [-0.05, 0) is 42.7 Å². The highest BCUT2D eigenvalue weighted by Gasteiger charge is 2.26. The summed E-state index contributed by atoms with van der Waals surface area (Å²) in [5, 5.41) is 10.5. The molecule has 1 unspecified atom stereocenters. The second-order valence-corrected chi connectivity index (χ2v) is 8.05. The molecule has 0 amide bonds. The summed E-state index contributed by atoms with van der Waals surface area (Å²) in [5.74, 6) is 0.984. The second kappa shape index (κ2) is 11.4. The van der Waals surface area contributed by atoms with Crippen molar-refractivity contribution in [3.63, 3.8) is 0 Å². The summed E-state index contributed by atoms with van der Waals surface area (Å²) in [6.07, 6.45) is 1.55. The van der Waals surface area contributed by atoms with Crippen molar-refractivity contribution in [1.29, 1.82) is 0 Å². The van der Waals surface area contributed by atoms with Gasteiger partial charge >= 0.3 is 5.97 Å². The summed E-state index contributed by atoms with van der Waals surface area (Å²) in [6.45, 7) is 4.61. The minimum Gasteiger partial charge on any atom is -0.488 e. The maximum Gasteiger partial charge on any atom is 0.340 e. The van der Waals surface area contributed by atoms with E-state index in [0.29, 0.717) is 36.0 Å². The Labute approximate surface area is 205 Å². The Bertz CT molecular complexity index is 1210. The molecule has 1 N–H and O–H groups in total. The zero-order chi connectivity index (χ0) is 24.6. The molecule has 1 aliphatic rings. The fraction of sp³-hybridized carbons (Fsp3) is 0.207. The Morgan fingerprint density at radius 2 is 1.51 bits per heavy atom. The topological polar surface area (TPSA) is 74.2 Å². The van der Waals surface area contributed by atoms with Crippen LogP contribution in [-0.2, 0) is 27.5 Å². The first-order valence-corrected chi connectivity index (χ1v) is 11.5. The van der Waals surface area contributed by atoms with Crippen LogP contribution in [0.25, 0.3) is 5.76 Å². The Morgan fingerprint density at radius 1 is 0.914 bits per heavy atom. The Kier molecular flexibility index (Phi) is 7.85. The minimum absolute atomic E-state index is 0.0434. The van der Waals surface area contributed by atoms with Gasteiger partial charge < -0.3 is 24.1 Å². The van der Waals surface area contributed by atoms with E-state index in [1.807, 2.05) is 79.7 Å². The molecule has 3 aromatic rings. The monoisotopic (exact) mass is 472 g/mol. The van der Waals surface area contributed by atoms with Gasteiger partial charge in [-0.1, -0.05) is 60.7 Å². The number of aryl methyl sites for hydroxylation is 1. The molecule has 180 valence electrons. The molecule has 3 aromatic carbocycles. The molecule has 0 bridgehead atoms. The number of carbonyl (C=O) groups is 1. The van der Waals surface area contributed by atoms with Crippen molar-refractivity contribution in [2.75, 3.05) is 6.61 Å². The summed E-state index contributed by atoms with van der Waals surface area (Å²) in [5.41, 5.74) is 3.63. The number of hydrogen-bond acceptors (Lipinski definition) is 6. The maximum absolute atomic E-state index is 12.1. The van der Waals surface area contributed by atoms with Crippen LogP contribution in [0, 0.1) is 6.92 Å². The van der Waals surface area contributed by atoms with Crippen LogP contribution < -0.4 is 9.47 Å². The lowest BCUT2D eigenvalue weighted by molar-refractivity contribution is -0.139. The third-order valence-corrected chi connectivity index (χ3v) is 5.47. The smallest absolute Gasteiger partial charge is 0.340 e. The molecule has 0 radical (unpaired) electrons. The van der Waals surface area contributed by atoms with Crippen LogP contribution >= 0.6 is 0 Å². The van der Waals surface area contributed by atoms with Crippen LogP contribution in [0.2, 0.25) is 0 Å². The van der Waals surface area contributed by atoms with Gasteiger partial charge in [0.1, 0.15) is 48.4 Å². The number of hydrogen-bond donors (Lipinski definition) is 1. The van der Waals surface area contributed by atoms with E-state index in [-0.39, 0.29) is 12.2 Å².